The lowest BCUT2D eigenvalue weighted by Crippen LogP contribution is -2.47. The summed E-state index contributed by atoms with van der Waals surface area (Å²) < 4.78 is 5.35. The molecule has 1 unspecified atom stereocenters. The number of carbonyl (C=O) groups excluding carboxylic acids is 2. The fraction of sp³-hybridized carbons (Fsp3) is 0.846. The van der Waals surface area contributed by atoms with E-state index in [2.05, 4.69) is 0 Å². The van der Waals surface area contributed by atoms with Gasteiger partial charge in [-0.05, 0) is 53.6 Å². The van der Waals surface area contributed by atoms with Crippen molar-refractivity contribution in [1.82, 2.24) is 4.90 Å². The summed E-state index contributed by atoms with van der Waals surface area (Å²) in [5, 5.41) is 0. The minimum Gasteiger partial charge on any atom is -0.459 e. The molecule has 5 heteroatoms. The number of carbonyl (C=O) groups is 2. The van der Waals surface area contributed by atoms with Crippen LogP contribution in [0.1, 0.15) is 40.5 Å². The summed E-state index contributed by atoms with van der Waals surface area (Å²) in [6.07, 6.45) is 1.45. The summed E-state index contributed by atoms with van der Waals surface area (Å²) in [5.74, 6) is -0.494. The Labute approximate surface area is 109 Å². The molecule has 0 spiro atoms. The Morgan fingerprint density at radius 2 is 1.78 bits per heavy atom. The quantitative estimate of drug-likeness (QED) is 0.762. The summed E-state index contributed by atoms with van der Waals surface area (Å²) in [6, 6.07) is -0.266. The van der Waals surface area contributed by atoms with Crippen LogP contribution in [0.25, 0.3) is 0 Å². The zero-order valence-electron chi connectivity index (χ0n) is 11.7. The molecule has 0 bridgehead atoms. The van der Waals surface area contributed by atoms with Crippen molar-refractivity contribution in [3.63, 3.8) is 0 Å². The van der Waals surface area contributed by atoms with Gasteiger partial charge in [0, 0.05) is 5.92 Å². The van der Waals surface area contributed by atoms with Crippen molar-refractivity contribution in [3.8, 4) is 0 Å². The van der Waals surface area contributed by atoms with Gasteiger partial charge < -0.3 is 10.5 Å². The van der Waals surface area contributed by atoms with Crippen LogP contribution in [-0.4, -0.2) is 41.5 Å². The number of primary amides is 1. The van der Waals surface area contributed by atoms with Crippen molar-refractivity contribution < 1.29 is 14.3 Å². The highest BCUT2D eigenvalue weighted by Gasteiger charge is 2.31. The van der Waals surface area contributed by atoms with Gasteiger partial charge in [0.05, 0.1) is 0 Å². The molecular formula is C13H24N2O3. The van der Waals surface area contributed by atoms with Crippen LogP contribution in [0.15, 0.2) is 0 Å². The average molecular weight is 256 g/mol. The highest BCUT2D eigenvalue weighted by molar-refractivity contribution is 5.77. The molecule has 2 N–H and O–H groups in total. The van der Waals surface area contributed by atoms with Crippen LogP contribution in [-0.2, 0) is 14.3 Å². The van der Waals surface area contributed by atoms with Crippen LogP contribution in [0.3, 0.4) is 0 Å². The summed E-state index contributed by atoms with van der Waals surface area (Å²) >= 11 is 0. The van der Waals surface area contributed by atoms with E-state index < -0.39 is 5.60 Å². The molecule has 18 heavy (non-hydrogen) atoms. The Morgan fingerprint density at radius 1 is 1.28 bits per heavy atom. The molecule has 0 radical (unpaired) electrons. The van der Waals surface area contributed by atoms with E-state index in [1.54, 1.807) is 0 Å². The van der Waals surface area contributed by atoms with Crippen LogP contribution in [0, 0.1) is 5.92 Å². The second kappa shape index (κ2) is 5.69. The zero-order chi connectivity index (χ0) is 13.9. The van der Waals surface area contributed by atoms with Crippen LogP contribution < -0.4 is 5.73 Å². The number of nitrogens with two attached hydrogens (primary N) is 1. The van der Waals surface area contributed by atoms with Crippen molar-refractivity contribution in [2.45, 2.75) is 52.2 Å². The normalized spacial score (nSPS) is 20.4. The van der Waals surface area contributed by atoms with Gasteiger partial charge in [0.25, 0.3) is 0 Å². The Bertz CT molecular complexity index is 315. The van der Waals surface area contributed by atoms with Gasteiger partial charge in [-0.15, -0.1) is 0 Å². The number of amides is 1. The first-order valence-corrected chi connectivity index (χ1v) is 6.47. The molecule has 1 heterocycles. The highest BCUT2D eigenvalue weighted by atomic mass is 16.6. The van der Waals surface area contributed by atoms with Gasteiger partial charge in [-0.1, -0.05) is 0 Å². The zero-order valence-corrected chi connectivity index (χ0v) is 11.7. The minimum atomic E-state index is -0.461. The van der Waals surface area contributed by atoms with Crippen LogP contribution in [0.5, 0.6) is 0 Å². The smallest absolute Gasteiger partial charge is 0.323 e. The third kappa shape index (κ3) is 4.29. The molecule has 1 fully saturated rings. The fourth-order valence-electron chi connectivity index (χ4n) is 2.11. The van der Waals surface area contributed by atoms with Crippen LogP contribution in [0.2, 0.25) is 0 Å². The molecule has 0 aromatic carbocycles. The predicted octanol–water partition coefficient (Wildman–Crippen LogP) is 0.914. The molecule has 0 saturated carbocycles. The van der Waals surface area contributed by atoms with Crippen molar-refractivity contribution in [1.29, 1.82) is 0 Å². The Kier molecular flexibility index (Phi) is 4.73. The van der Waals surface area contributed by atoms with Gasteiger partial charge in [-0.3, -0.25) is 14.5 Å². The summed E-state index contributed by atoms with van der Waals surface area (Å²) in [5.41, 5.74) is 4.82. The Morgan fingerprint density at radius 3 is 2.17 bits per heavy atom. The number of piperidine rings is 1. The summed E-state index contributed by atoms with van der Waals surface area (Å²) in [4.78, 5) is 25.0. The summed E-state index contributed by atoms with van der Waals surface area (Å²) in [6.45, 7) is 8.85. The molecule has 1 aliphatic heterocycles. The van der Waals surface area contributed by atoms with E-state index in [9.17, 15) is 9.59 Å². The maximum Gasteiger partial charge on any atom is 0.323 e. The van der Waals surface area contributed by atoms with Crippen LogP contribution in [0.4, 0.5) is 0 Å². The monoisotopic (exact) mass is 256 g/mol. The topological polar surface area (TPSA) is 72.6 Å². The maximum atomic E-state index is 11.9. The van der Waals surface area contributed by atoms with Gasteiger partial charge in [0.1, 0.15) is 11.6 Å². The number of ether oxygens (including phenoxy) is 1. The number of hydrogen-bond acceptors (Lipinski definition) is 4. The SMILES string of the molecule is CC(C(=O)OC(C)(C)C)N1CCC(C(N)=O)CC1. The van der Waals surface area contributed by atoms with E-state index in [0.29, 0.717) is 13.1 Å². The largest absolute Gasteiger partial charge is 0.459 e. The van der Waals surface area contributed by atoms with E-state index in [4.69, 9.17) is 10.5 Å². The maximum absolute atomic E-state index is 11.9. The van der Waals surface area contributed by atoms with E-state index in [1.807, 2.05) is 32.6 Å². The van der Waals surface area contributed by atoms with Crippen molar-refractivity contribution >= 4 is 11.9 Å². The summed E-state index contributed by atoms with van der Waals surface area (Å²) in [7, 11) is 0. The van der Waals surface area contributed by atoms with Crippen molar-refractivity contribution in [2.75, 3.05) is 13.1 Å². The molecule has 0 aliphatic carbocycles. The van der Waals surface area contributed by atoms with Gasteiger partial charge >= 0.3 is 5.97 Å². The first-order valence-electron chi connectivity index (χ1n) is 6.47. The number of esters is 1. The fourth-order valence-corrected chi connectivity index (χ4v) is 2.11. The molecule has 1 aliphatic rings. The molecule has 1 atom stereocenters. The first-order chi connectivity index (χ1) is 8.20. The molecular weight excluding hydrogens is 232 g/mol. The number of likely N-dealkylation sites (tertiary alicyclic amines) is 1. The lowest BCUT2D eigenvalue weighted by atomic mass is 9.95. The minimum absolute atomic E-state index is 0.0490. The first kappa shape index (κ1) is 15.0. The van der Waals surface area contributed by atoms with Gasteiger partial charge in [0.2, 0.25) is 5.91 Å². The molecule has 1 rings (SSSR count). The van der Waals surface area contributed by atoms with E-state index >= 15 is 0 Å². The number of hydrogen-bond donors (Lipinski definition) is 1. The van der Waals surface area contributed by atoms with Crippen molar-refractivity contribution in [2.24, 2.45) is 11.7 Å². The van der Waals surface area contributed by atoms with Gasteiger partial charge in [0.15, 0.2) is 0 Å². The highest BCUT2D eigenvalue weighted by Crippen LogP contribution is 2.20. The second-order valence-electron chi connectivity index (χ2n) is 5.92. The molecule has 0 aromatic rings. The second-order valence-corrected chi connectivity index (χ2v) is 5.92. The Balaban J connectivity index is 2.47. The molecule has 5 nitrogen and oxygen atoms in total. The average Bonchev–Trinajstić information content (AvgIpc) is 2.26. The lowest BCUT2D eigenvalue weighted by Gasteiger charge is -2.35. The molecule has 1 saturated heterocycles. The Hall–Kier alpha value is -1.10. The van der Waals surface area contributed by atoms with Crippen molar-refractivity contribution in [3.05, 3.63) is 0 Å². The standard InChI is InChI=1S/C13H24N2O3/c1-9(12(17)18-13(2,3)4)15-7-5-10(6-8-15)11(14)16/h9-10H,5-8H2,1-4H3,(H2,14,16). The third-order valence-electron chi connectivity index (χ3n) is 3.23. The molecule has 0 aromatic heterocycles. The molecule has 1 amide bonds. The van der Waals surface area contributed by atoms with Crippen LogP contribution >= 0.6 is 0 Å². The van der Waals surface area contributed by atoms with Gasteiger partial charge in [-0.25, -0.2) is 0 Å². The van der Waals surface area contributed by atoms with Gasteiger partial charge in [-0.2, -0.15) is 0 Å². The molecule has 104 valence electrons. The predicted molar refractivity (Wildman–Crippen MR) is 68.8 cm³/mol. The third-order valence-corrected chi connectivity index (χ3v) is 3.23. The van der Waals surface area contributed by atoms with E-state index in [-0.39, 0.29) is 23.8 Å². The number of rotatable bonds is 3. The number of nitrogens with zero attached hydrogens (tertiary/aromatic N) is 1. The van der Waals surface area contributed by atoms with E-state index in [1.165, 1.54) is 0 Å². The lowest BCUT2D eigenvalue weighted by molar-refractivity contribution is -0.161. The van der Waals surface area contributed by atoms with E-state index in [0.717, 1.165) is 12.8 Å².